The van der Waals surface area contributed by atoms with Gasteiger partial charge in [-0.2, -0.15) is 9.41 Å². The summed E-state index contributed by atoms with van der Waals surface area (Å²) in [7, 11) is -3.90. The van der Waals surface area contributed by atoms with Crippen LogP contribution in [0.1, 0.15) is 11.3 Å². The maximum Gasteiger partial charge on any atom is 0.255 e. The lowest BCUT2D eigenvalue weighted by atomic mass is 10.2. The number of sulfonamides is 1. The molecule has 0 atom stereocenters. The molecule has 3 rings (SSSR count). The summed E-state index contributed by atoms with van der Waals surface area (Å²) in [5, 5.41) is 4.32. The van der Waals surface area contributed by atoms with Crippen molar-refractivity contribution >= 4 is 33.7 Å². The number of rotatable bonds is 8. The molecule has 0 saturated carbocycles. The van der Waals surface area contributed by atoms with Crippen molar-refractivity contribution in [1.29, 1.82) is 0 Å². The van der Waals surface area contributed by atoms with Crippen molar-refractivity contribution in [3.63, 3.8) is 0 Å². The molecule has 150 valence electrons. The summed E-state index contributed by atoms with van der Waals surface area (Å²) in [6, 6.07) is 18.0. The molecular weight excluding hydrogens is 414 g/mol. The van der Waals surface area contributed by atoms with Crippen molar-refractivity contribution in [1.82, 2.24) is 9.73 Å². The molecule has 1 N–H and O–H groups in total. The van der Waals surface area contributed by atoms with Gasteiger partial charge in [-0.15, -0.1) is 0 Å². The van der Waals surface area contributed by atoms with Crippen molar-refractivity contribution in [3.05, 3.63) is 89.3 Å². The maximum absolute atomic E-state index is 13.1. The molecule has 0 spiro atoms. The van der Waals surface area contributed by atoms with Crippen LogP contribution in [0.2, 0.25) is 5.02 Å². The highest BCUT2D eigenvalue weighted by molar-refractivity contribution is 7.89. The molecule has 9 heteroatoms. The third-order valence-corrected chi connectivity index (χ3v) is 5.96. The van der Waals surface area contributed by atoms with E-state index < -0.39 is 22.5 Å². The van der Waals surface area contributed by atoms with Crippen molar-refractivity contribution in [2.75, 3.05) is 6.54 Å². The van der Waals surface area contributed by atoms with Crippen LogP contribution >= 0.6 is 11.6 Å². The first-order valence-corrected chi connectivity index (χ1v) is 10.4. The van der Waals surface area contributed by atoms with Gasteiger partial charge < -0.3 is 4.42 Å². The van der Waals surface area contributed by atoms with Crippen LogP contribution < -0.4 is 5.43 Å². The highest BCUT2D eigenvalue weighted by atomic mass is 35.5. The Morgan fingerprint density at radius 2 is 1.79 bits per heavy atom. The van der Waals surface area contributed by atoms with Crippen LogP contribution in [0.5, 0.6) is 0 Å². The third kappa shape index (κ3) is 5.77. The van der Waals surface area contributed by atoms with Gasteiger partial charge >= 0.3 is 0 Å². The molecule has 0 aliphatic heterocycles. The fourth-order valence-electron chi connectivity index (χ4n) is 2.49. The largest absolute Gasteiger partial charge is 0.463 e. The predicted molar refractivity (Wildman–Crippen MR) is 110 cm³/mol. The van der Waals surface area contributed by atoms with Gasteiger partial charge in [0.1, 0.15) is 5.76 Å². The number of nitrogens with zero attached hydrogens (tertiary/aromatic N) is 2. The van der Waals surface area contributed by atoms with Crippen molar-refractivity contribution in [2.24, 2.45) is 5.10 Å². The van der Waals surface area contributed by atoms with Crippen LogP contribution in [0.15, 0.2) is 87.4 Å². The van der Waals surface area contributed by atoms with Gasteiger partial charge in [-0.1, -0.05) is 41.9 Å². The molecule has 0 radical (unpaired) electrons. The van der Waals surface area contributed by atoms with Crippen LogP contribution in [0.3, 0.4) is 0 Å². The lowest BCUT2D eigenvalue weighted by molar-refractivity contribution is -0.121. The molecule has 7 nitrogen and oxygen atoms in total. The number of nitrogens with one attached hydrogen (secondary N) is 1. The number of benzene rings is 2. The zero-order valence-corrected chi connectivity index (χ0v) is 16.8. The number of hydrogen-bond acceptors (Lipinski definition) is 5. The minimum atomic E-state index is -3.90. The molecule has 3 aromatic rings. The van der Waals surface area contributed by atoms with Crippen molar-refractivity contribution in [2.45, 2.75) is 11.4 Å². The number of hydrogen-bond donors (Lipinski definition) is 1. The van der Waals surface area contributed by atoms with Crippen LogP contribution in [-0.2, 0) is 21.4 Å². The van der Waals surface area contributed by atoms with E-state index in [-0.39, 0.29) is 11.4 Å². The monoisotopic (exact) mass is 431 g/mol. The van der Waals surface area contributed by atoms with Crippen LogP contribution in [0, 0.1) is 0 Å². The molecular formula is C20H18ClN3O4S. The Kier molecular flexibility index (Phi) is 6.82. The number of halogens is 1. The third-order valence-electron chi connectivity index (χ3n) is 3.90. The second kappa shape index (κ2) is 9.51. The Hall–Kier alpha value is -2.94. The Bertz CT molecular complexity index is 1070. The average molecular weight is 432 g/mol. The van der Waals surface area contributed by atoms with Gasteiger partial charge in [0.25, 0.3) is 5.91 Å². The summed E-state index contributed by atoms with van der Waals surface area (Å²) < 4.78 is 32.3. The summed E-state index contributed by atoms with van der Waals surface area (Å²) in [5.41, 5.74) is 3.01. The van der Waals surface area contributed by atoms with Crippen LogP contribution in [-0.4, -0.2) is 31.4 Å². The summed E-state index contributed by atoms with van der Waals surface area (Å²) in [6.45, 7) is -0.404. The van der Waals surface area contributed by atoms with Gasteiger partial charge in [0.2, 0.25) is 10.0 Å². The number of furan rings is 1. The highest BCUT2D eigenvalue weighted by Gasteiger charge is 2.26. The molecule has 0 bridgehead atoms. The molecule has 1 amide bonds. The standard InChI is InChI=1S/C20H18ClN3O4S/c21-17-10-8-16(9-11-17)14-24(29(26,27)19-6-2-1-3-7-19)15-20(25)23-22-13-18-5-4-12-28-18/h1-13H,14-15H2,(H,23,25)/b22-13-. The van der Waals surface area contributed by atoms with E-state index in [0.29, 0.717) is 16.3 Å². The molecule has 1 heterocycles. The van der Waals surface area contributed by atoms with Crippen molar-refractivity contribution in [3.8, 4) is 0 Å². The van der Waals surface area contributed by atoms with Gasteiger partial charge in [-0.25, -0.2) is 13.8 Å². The van der Waals surface area contributed by atoms with E-state index in [1.807, 2.05) is 0 Å². The predicted octanol–water partition coefficient (Wildman–Crippen LogP) is 3.27. The first-order valence-electron chi connectivity index (χ1n) is 8.60. The summed E-state index contributed by atoms with van der Waals surface area (Å²) in [5.74, 6) is -0.124. The molecule has 2 aromatic carbocycles. The number of amides is 1. The van der Waals surface area contributed by atoms with E-state index in [1.54, 1.807) is 54.6 Å². The molecule has 0 aliphatic rings. The summed E-state index contributed by atoms with van der Waals surface area (Å²) in [6.07, 6.45) is 2.80. The lowest BCUT2D eigenvalue weighted by Gasteiger charge is -2.21. The van der Waals surface area contributed by atoms with Crippen LogP contribution in [0.4, 0.5) is 0 Å². The van der Waals surface area contributed by atoms with Gasteiger partial charge in [0.05, 0.1) is 23.9 Å². The number of carbonyl (C=O) groups is 1. The van der Waals surface area contributed by atoms with Gasteiger partial charge in [-0.3, -0.25) is 4.79 Å². The van der Waals surface area contributed by atoms with E-state index in [4.69, 9.17) is 16.0 Å². The normalized spacial score (nSPS) is 11.8. The average Bonchev–Trinajstić information content (AvgIpc) is 3.23. The smallest absolute Gasteiger partial charge is 0.255 e. The van der Waals surface area contributed by atoms with Gasteiger partial charge in [0, 0.05) is 11.6 Å². The van der Waals surface area contributed by atoms with Gasteiger partial charge in [0.15, 0.2) is 0 Å². The molecule has 0 unspecified atom stereocenters. The van der Waals surface area contributed by atoms with Gasteiger partial charge in [-0.05, 0) is 42.0 Å². The molecule has 29 heavy (non-hydrogen) atoms. The first-order chi connectivity index (χ1) is 13.9. The van der Waals surface area contributed by atoms with E-state index in [0.717, 1.165) is 4.31 Å². The quantitative estimate of drug-likeness (QED) is 0.437. The zero-order valence-electron chi connectivity index (χ0n) is 15.2. The second-order valence-corrected chi connectivity index (χ2v) is 8.40. The van der Waals surface area contributed by atoms with Crippen molar-refractivity contribution < 1.29 is 17.6 Å². The SMILES string of the molecule is O=C(CN(Cc1ccc(Cl)cc1)S(=O)(=O)c1ccccc1)N/N=C\c1ccco1. The highest BCUT2D eigenvalue weighted by Crippen LogP contribution is 2.19. The molecule has 0 saturated heterocycles. The number of carbonyl (C=O) groups excluding carboxylic acids is 1. The molecule has 1 aromatic heterocycles. The Balaban J connectivity index is 1.78. The molecule has 0 fully saturated rings. The van der Waals surface area contributed by atoms with E-state index in [1.165, 1.54) is 24.6 Å². The lowest BCUT2D eigenvalue weighted by Crippen LogP contribution is -2.39. The Labute approximate surface area is 173 Å². The zero-order chi connectivity index (χ0) is 20.7. The van der Waals surface area contributed by atoms with Crippen LogP contribution in [0.25, 0.3) is 0 Å². The summed E-state index contributed by atoms with van der Waals surface area (Å²) in [4.78, 5) is 12.4. The fourth-order valence-corrected chi connectivity index (χ4v) is 4.02. The van der Waals surface area contributed by atoms with E-state index >= 15 is 0 Å². The maximum atomic E-state index is 13.1. The number of hydrazone groups is 1. The topological polar surface area (TPSA) is 92.0 Å². The minimum absolute atomic E-state index is 0.00369. The summed E-state index contributed by atoms with van der Waals surface area (Å²) >= 11 is 5.90. The Morgan fingerprint density at radius 1 is 1.07 bits per heavy atom. The minimum Gasteiger partial charge on any atom is -0.463 e. The first kappa shape index (κ1) is 20.8. The fraction of sp³-hybridized carbons (Fsp3) is 0.100. The molecule has 0 aliphatic carbocycles. The van der Waals surface area contributed by atoms with E-state index in [2.05, 4.69) is 10.5 Å². The Morgan fingerprint density at radius 3 is 2.45 bits per heavy atom. The van der Waals surface area contributed by atoms with E-state index in [9.17, 15) is 13.2 Å². The second-order valence-electron chi connectivity index (χ2n) is 6.02.